The second-order valence-corrected chi connectivity index (χ2v) is 3.69. The fraction of sp³-hybridized carbons (Fsp3) is 0.455. The second-order valence-electron chi connectivity index (χ2n) is 3.69. The first-order chi connectivity index (χ1) is 7.65. The Morgan fingerprint density at radius 3 is 2.44 bits per heavy atom. The molecule has 0 aliphatic heterocycles. The quantitative estimate of drug-likeness (QED) is 0.562. The molecule has 5 nitrogen and oxygen atoms in total. The minimum absolute atomic E-state index is 0.176. The summed E-state index contributed by atoms with van der Waals surface area (Å²) in [6.07, 6.45) is 3.60. The van der Waals surface area contributed by atoms with Crippen LogP contribution in [0.4, 0.5) is 0 Å². The lowest BCUT2D eigenvalue weighted by atomic mass is 10.1. The van der Waals surface area contributed by atoms with E-state index < -0.39 is 12.1 Å². The first kappa shape index (κ1) is 12.8. The molecule has 5 heteroatoms. The molecule has 0 aromatic carbocycles. The van der Waals surface area contributed by atoms with Crippen LogP contribution in [0.5, 0.6) is 0 Å². The van der Waals surface area contributed by atoms with Crippen LogP contribution in [0.1, 0.15) is 17.6 Å². The van der Waals surface area contributed by atoms with E-state index in [-0.39, 0.29) is 12.5 Å². The van der Waals surface area contributed by atoms with E-state index in [1.807, 2.05) is 6.07 Å². The second kappa shape index (κ2) is 6.32. The molecule has 2 atom stereocenters. The largest absolute Gasteiger partial charge is 0.408 e. The zero-order chi connectivity index (χ0) is 12.0. The number of aliphatic hydroxyl groups is 1. The van der Waals surface area contributed by atoms with Crippen LogP contribution in [0.25, 0.3) is 0 Å². The summed E-state index contributed by atoms with van der Waals surface area (Å²) in [4.78, 5) is 11.8. The highest BCUT2D eigenvalue weighted by atomic mass is 16.3. The van der Waals surface area contributed by atoms with Crippen molar-refractivity contribution < 1.29 is 14.5 Å². The topological polar surface area (TPSA) is 93.2 Å². The summed E-state index contributed by atoms with van der Waals surface area (Å²) in [6, 6.07) is 4.75. The fourth-order valence-electron chi connectivity index (χ4n) is 1.35. The molecule has 1 aromatic rings. The van der Waals surface area contributed by atoms with Gasteiger partial charge < -0.3 is 16.6 Å². The van der Waals surface area contributed by atoms with E-state index >= 15 is 0 Å². The van der Waals surface area contributed by atoms with Gasteiger partial charge in [0.15, 0.2) is 12.4 Å². The van der Waals surface area contributed by atoms with Crippen LogP contribution in [-0.4, -0.2) is 29.7 Å². The highest BCUT2D eigenvalue weighted by Gasteiger charge is 2.23. The van der Waals surface area contributed by atoms with Crippen molar-refractivity contribution >= 4 is 5.91 Å². The third-order valence-corrected chi connectivity index (χ3v) is 2.37. The molecule has 0 unspecified atom stereocenters. The van der Waals surface area contributed by atoms with Gasteiger partial charge in [-0.05, 0) is 12.8 Å². The van der Waals surface area contributed by atoms with Gasteiger partial charge in [0.2, 0.25) is 0 Å². The molecule has 0 fully saturated rings. The van der Waals surface area contributed by atoms with Gasteiger partial charge in [-0.2, -0.15) is 0 Å². The third-order valence-electron chi connectivity index (χ3n) is 2.37. The summed E-state index contributed by atoms with van der Waals surface area (Å²) in [6.45, 7) is 0.194. The number of pyridine rings is 1. The zero-order valence-electron chi connectivity index (χ0n) is 9.12. The van der Waals surface area contributed by atoms with E-state index in [2.05, 4.69) is 0 Å². The van der Waals surface area contributed by atoms with Crippen molar-refractivity contribution in [3.63, 3.8) is 0 Å². The molecule has 0 saturated carbocycles. The number of carbonyl (C=O) groups is 1. The van der Waals surface area contributed by atoms with Gasteiger partial charge in [0.05, 0.1) is 6.10 Å². The van der Waals surface area contributed by atoms with Gasteiger partial charge in [0.25, 0.3) is 0 Å². The maximum absolute atomic E-state index is 11.8. The normalized spacial score (nSPS) is 14.4. The van der Waals surface area contributed by atoms with Crippen molar-refractivity contribution in [3.05, 3.63) is 30.6 Å². The lowest BCUT2D eigenvalue weighted by Gasteiger charge is -2.09. The molecule has 16 heavy (non-hydrogen) atoms. The number of aliphatic hydroxyl groups excluding tert-OH is 1. The molecule has 0 saturated heterocycles. The molecule has 0 amide bonds. The van der Waals surface area contributed by atoms with Gasteiger partial charge >= 0.3 is 5.91 Å². The van der Waals surface area contributed by atoms with Crippen molar-refractivity contribution in [3.8, 4) is 0 Å². The predicted molar refractivity (Wildman–Crippen MR) is 59.5 cm³/mol. The van der Waals surface area contributed by atoms with Gasteiger partial charge in [0.1, 0.15) is 6.04 Å². The minimum Gasteiger partial charge on any atom is -0.392 e. The summed E-state index contributed by atoms with van der Waals surface area (Å²) < 4.78 is 1.44. The number of hydrogen-bond donors (Lipinski definition) is 3. The summed E-state index contributed by atoms with van der Waals surface area (Å²) in [5.74, 6) is -0.176. The highest BCUT2D eigenvalue weighted by Crippen LogP contribution is 1.99. The van der Waals surface area contributed by atoms with Crippen LogP contribution in [0.3, 0.4) is 0 Å². The number of rotatable bonds is 5. The Balaban J connectivity index is 2.49. The molecule has 0 radical (unpaired) electrons. The molecular weight excluding hydrogens is 206 g/mol. The van der Waals surface area contributed by atoms with Crippen molar-refractivity contribution in [2.45, 2.75) is 25.0 Å². The number of hydrogen-bond acceptors (Lipinski definition) is 4. The first-order valence-corrected chi connectivity index (χ1v) is 5.29. The predicted octanol–water partition coefficient (Wildman–Crippen LogP) is -0.959. The standard InChI is InChI=1S/C11H18N3O2/c12-8-9(15)4-5-10(13)11(16)14-6-2-1-3-7-14/h1-3,6-7,9-10,15H,4-5,8,12-13H2/q+1/t9-,10+/m1/s1. The van der Waals surface area contributed by atoms with E-state index in [1.165, 1.54) is 4.57 Å². The van der Waals surface area contributed by atoms with Crippen molar-refractivity contribution in [1.29, 1.82) is 0 Å². The van der Waals surface area contributed by atoms with Crippen LogP contribution in [0.2, 0.25) is 0 Å². The number of nitrogens with zero attached hydrogens (tertiary/aromatic N) is 1. The lowest BCUT2D eigenvalue weighted by molar-refractivity contribution is -0.575. The number of nitrogens with two attached hydrogens (primary N) is 2. The van der Waals surface area contributed by atoms with Gasteiger partial charge in [-0.3, -0.25) is 0 Å². The molecule has 0 bridgehead atoms. The molecule has 1 rings (SSSR count). The minimum atomic E-state index is -0.603. The fourth-order valence-corrected chi connectivity index (χ4v) is 1.35. The molecule has 1 heterocycles. The van der Waals surface area contributed by atoms with Crippen LogP contribution < -0.4 is 16.0 Å². The van der Waals surface area contributed by atoms with E-state index in [1.54, 1.807) is 24.5 Å². The molecule has 0 aliphatic rings. The summed E-state index contributed by atoms with van der Waals surface area (Å²) in [7, 11) is 0. The Morgan fingerprint density at radius 1 is 1.25 bits per heavy atom. The van der Waals surface area contributed by atoms with Crippen molar-refractivity contribution in [1.82, 2.24) is 0 Å². The van der Waals surface area contributed by atoms with E-state index in [4.69, 9.17) is 11.5 Å². The van der Waals surface area contributed by atoms with E-state index in [0.717, 1.165) is 0 Å². The van der Waals surface area contributed by atoms with Gasteiger partial charge in [-0.1, -0.05) is 6.07 Å². The van der Waals surface area contributed by atoms with Crippen LogP contribution >= 0.6 is 0 Å². The summed E-state index contributed by atoms with van der Waals surface area (Å²) in [5, 5.41) is 9.26. The van der Waals surface area contributed by atoms with Crippen LogP contribution in [0.15, 0.2) is 30.6 Å². The third kappa shape index (κ3) is 3.69. The Labute approximate surface area is 94.7 Å². The monoisotopic (exact) mass is 224 g/mol. The highest BCUT2D eigenvalue weighted by molar-refractivity contribution is 5.72. The van der Waals surface area contributed by atoms with Crippen LogP contribution in [-0.2, 0) is 0 Å². The van der Waals surface area contributed by atoms with Crippen molar-refractivity contribution in [2.75, 3.05) is 6.54 Å². The zero-order valence-corrected chi connectivity index (χ0v) is 9.12. The Bertz CT molecular complexity index is 329. The average Bonchev–Trinajstić information content (AvgIpc) is 2.35. The average molecular weight is 224 g/mol. The summed E-state index contributed by atoms with van der Waals surface area (Å²) in [5.41, 5.74) is 11.0. The van der Waals surface area contributed by atoms with Crippen LogP contribution in [0, 0.1) is 0 Å². The Morgan fingerprint density at radius 2 is 1.88 bits per heavy atom. The summed E-state index contributed by atoms with van der Waals surface area (Å²) >= 11 is 0. The van der Waals surface area contributed by atoms with Crippen molar-refractivity contribution in [2.24, 2.45) is 11.5 Å². The maximum atomic E-state index is 11.8. The number of carbonyl (C=O) groups excluding carboxylic acids is 1. The molecule has 0 spiro atoms. The lowest BCUT2D eigenvalue weighted by Crippen LogP contribution is -2.52. The Hall–Kier alpha value is -1.30. The first-order valence-electron chi connectivity index (χ1n) is 5.29. The Kier molecular flexibility index (Phi) is 5.04. The SMILES string of the molecule is NC[C@H](O)CC[C@H](N)C(=O)[n+]1ccccc1. The maximum Gasteiger partial charge on any atom is 0.408 e. The van der Waals surface area contributed by atoms with Gasteiger partial charge in [0, 0.05) is 18.7 Å². The molecule has 5 N–H and O–H groups in total. The number of aromatic nitrogens is 1. The molecule has 0 aliphatic carbocycles. The van der Waals surface area contributed by atoms with E-state index in [9.17, 15) is 9.90 Å². The van der Waals surface area contributed by atoms with Gasteiger partial charge in [-0.15, -0.1) is 4.57 Å². The van der Waals surface area contributed by atoms with E-state index in [0.29, 0.717) is 12.8 Å². The molecule has 1 aromatic heterocycles. The molecular formula is C11H18N3O2+. The smallest absolute Gasteiger partial charge is 0.392 e. The van der Waals surface area contributed by atoms with Gasteiger partial charge in [-0.25, -0.2) is 4.79 Å². The molecule has 88 valence electrons.